The van der Waals surface area contributed by atoms with Crippen molar-refractivity contribution in [1.82, 2.24) is 9.97 Å². The molecule has 0 N–H and O–H groups in total. The van der Waals surface area contributed by atoms with Gasteiger partial charge in [-0.05, 0) is 29.7 Å². The number of rotatable bonds is 3. The first-order valence-electron chi connectivity index (χ1n) is 5.02. The Bertz CT molecular complexity index is 532. The molecule has 0 bridgehead atoms. The maximum Gasteiger partial charge on any atom is 0.223 e. The van der Waals surface area contributed by atoms with Crippen molar-refractivity contribution in [3.8, 4) is 0 Å². The fourth-order valence-corrected chi connectivity index (χ4v) is 2.75. The van der Waals surface area contributed by atoms with Crippen LogP contribution in [0.3, 0.4) is 0 Å². The highest BCUT2D eigenvalue weighted by Crippen LogP contribution is 2.28. The molecule has 17 heavy (non-hydrogen) atoms. The summed E-state index contributed by atoms with van der Waals surface area (Å²) in [7, 11) is 0. The second-order valence-electron chi connectivity index (χ2n) is 3.51. The van der Waals surface area contributed by atoms with Gasteiger partial charge in [-0.3, -0.25) is 0 Å². The molecule has 0 amide bonds. The van der Waals surface area contributed by atoms with Crippen molar-refractivity contribution in [2.24, 2.45) is 0 Å². The lowest BCUT2D eigenvalue weighted by Crippen LogP contribution is -1.89. The lowest BCUT2D eigenvalue weighted by molar-refractivity contribution is 1.05. The molecule has 0 unspecified atom stereocenters. The molecule has 0 saturated heterocycles. The fraction of sp³-hybridized carbons (Fsp3) is 0.167. The first kappa shape index (κ1) is 12.7. The summed E-state index contributed by atoms with van der Waals surface area (Å²) in [4.78, 5) is 7.92. The van der Waals surface area contributed by atoms with Crippen LogP contribution in [0.15, 0.2) is 35.5 Å². The molecule has 88 valence electrons. The molecule has 2 rings (SSSR count). The van der Waals surface area contributed by atoms with Gasteiger partial charge in [-0.25, -0.2) is 9.97 Å². The van der Waals surface area contributed by atoms with E-state index in [9.17, 15) is 0 Å². The van der Waals surface area contributed by atoms with Crippen LogP contribution in [0.4, 0.5) is 0 Å². The van der Waals surface area contributed by atoms with Gasteiger partial charge in [0.05, 0.1) is 11.2 Å². The Labute approximate surface area is 114 Å². The first-order valence-corrected chi connectivity index (χ1v) is 6.76. The molecule has 5 heteroatoms. The van der Waals surface area contributed by atoms with E-state index < -0.39 is 0 Å². The van der Waals surface area contributed by atoms with E-state index in [0.29, 0.717) is 5.02 Å². The predicted molar refractivity (Wildman–Crippen MR) is 72.8 cm³/mol. The second-order valence-corrected chi connectivity index (χ2v) is 5.22. The lowest BCUT2D eigenvalue weighted by atomic mass is 10.1. The topological polar surface area (TPSA) is 25.8 Å². The van der Waals surface area contributed by atoms with Gasteiger partial charge in [0.15, 0.2) is 0 Å². The molecule has 0 aliphatic heterocycles. The van der Waals surface area contributed by atoms with E-state index in [4.69, 9.17) is 23.2 Å². The fourth-order valence-electron chi connectivity index (χ4n) is 1.35. The van der Waals surface area contributed by atoms with Crippen LogP contribution >= 0.6 is 35.0 Å². The molecule has 1 aromatic carbocycles. The van der Waals surface area contributed by atoms with Gasteiger partial charge in [0.2, 0.25) is 5.28 Å². The average Bonchev–Trinajstić information content (AvgIpc) is 2.32. The van der Waals surface area contributed by atoms with Gasteiger partial charge in [0.1, 0.15) is 5.03 Å². The summed E-state index contributed by atoms with van der Waals surface area (Å²) in [6, 6.07) is 8.24. The Kier molecular flexibility index (Phi) is 4.26. The van der Waals surface area contributed by atoms with E-state index in [0.717, 1.165) is 10.8 Å². The number of hydrogen-bond donors (Lipinski definition) is 0. The molecule has 1 heterocycles. The molecule has 1 aromatic heterocycles. The van der Waals surface area contributed by atoms with Gasteiger partial charge in [-0.15, -0.1) is 0 Å². The lowest BCUT2D eigenvalue weighted by Gasteiger charge is -2.05. The molecule has 0 radical (unpaired) electrons. The normalized spacial score (nSPS) is 10.5. The molecule has 0 fully saturated rings. The van der Waals surface area contributed by atoms with Crippen molar-refractivity contribution in [2.75, 3.05) is 0 Å². The Morgan fingerprint density at radius 1 is 1.24 bits per heavy atom. The van der Waals surface area contributed by atoms with E-state index >= 15 is 0 Å². The molecular formula is C12H10Cl2N2S. The van der Waals surface area contributed by atoms with E-state index in [2.05, 4.69) is 29.0 Å². The second kappa shape index (κ2) is 5.71. The molecule has 0 saturated carbocycles. The number of aromatic nitrogens is 2. The SMILES string of the molecule is Cc1ccccc1CSc1nc(Cl)ncc1Cl. The van der Waals surface area contributed by atoms with Gasteiger partial charge < -0.3 is 0 Å². The van der Waals surface area contributed by atoms with Crippen LogP contribution in [0, 0.1) is 6.92 Å². The number of hydrogen-bond acceptors (Lipinski definition) is 3. The summed E-state index contributed by atoms with van der Waals surface area (Å²) < 4.78 is 0. The van der Waals surface area contributed by atoms with Gasteiger partial charge in [0.25, 0.3) is 0 Å². The molecule has 0 spiro atoms. The average molecular weight is 285 g/mol. The van der Waals surface area contributed by atoms with E-state index in [-0.39, 0.29) is 5.28 Å². The van der Waals surface area contributed by atoms with Crippen molar-refractivity contribution in [3.05, 3.63) is 51.9 Å². The standard InChI is InChI=1S/C12H10Cl2N2S/c1-8-4-2-3-5-9(8)7-17-11-10(13)6-15-12(14)16-11/h2-6H,7H2,1H3. The number of nitrogens with zero attached hydrogens (tertiary/aromatic N) is 2. The van der Waals surface area contributed by atoms with Crippen LogP contribution in [-0.4, -0.2) is 9.97 Å². The Hall–Kier alpha value is -0.770. The summed E-state index contributed by atoms with van der Waals surface area (Å²) in [5.41, 5.74) is 2.53. The zero-order valence-electron chi connectivity index (χ0n) is 9.15. The molecular weight excluding hydrogens is 275 g/mol. The third kappa shape index (κ3) is 3.35. The van der Waals surface area contributed by atoms with Crippen LogP contribution < -0.4 is 0 Å². The minimum atomic E-state index is 0.224. The van der Waals surface area contributed by atoms with Crippen molar-refractivity contribution in [1.29, 1.82) is 0 Å². The molecule has 0 aliphatic rings. The van der Waals surface area contributed by atoms with Gasteiger partial charge in [0, 0.05) is 5.75 Å². The minimum absolute atomic E-state index is 0.224. The molecule has 0 atom stereocenters. The van der Waals surface area contributed by atoms with E-state index in [1.165, 1.54) is 17.3 Å². The summed E-state index contributed by atoms with van der Waals surface area (Å²) in [5, 5.41) is 1.48. The maximum absolute atomic E-state index is 6.00. The minimum Gasteiger partial charge on any atom is -0.225 e. The third-order valence-corrected chi connectivity index (χ3v) is 3.92. The zero-order chi connectivity index (χ0) is 12.3. The maximum atomic E-state index is 6.00. The third-order valence-electron chi connectivity index (χ3n) is 2.31. The van der Waals surface area contributed by atoms with Crippen molar-refractivity contribution < 1.29 is 0 Å². The van der Waals surface area contributed by atoms with Crippen molar-refractivity contribution >= 4 is 35.0 Å². The highest BCUT2D eigenvalue weighted by atomic mass is 35.5. The smallest absolute Gasteiger partial charge is 0.223 e. The van der Waals surface area contributed by atoms with Crippen molar-refractivity contribution in [3.63, 3.8) is 0 Å². The van der Waals surface area contributed by atoms with Gasteiger partial charge >= 0.3 is 0 Å². The molecule has 2 aromatic rings. The van der Waals surface area contributed by atoms with E-state index in [1.807, 2.05) is 12.1 Å². The molecule has 2 nitrogen and oxygen atoms in total. The Morgan fingerprint density at radius 3 is 2.76 bits per heavy atom. The van der Waals surface area contributed by atoms with Crippen LogP contribution in [0.5, 0.6) is 0 Å². The Morgan fingerprint density at radius 2 is 2.00 bits per heavy atom. The Balaban J connectivity index is 2.12. The number of aryl methyl sites for hydroxylation is 1. The summed E-state index contributed by atoms with van der Waals surface area (Å²) >= 11 is 13.3. The quantitative estimate of drug-likeness (QED) is 0.475. The van der Waals surface area contributed by atoms with Crippen LogP contribution in [0.1, 0.15) is 11.1 Å². The summed E-state index contributed by atoms with van der Waals surface area (Å²) in [6.07, 6.45) is 1.52. The van der Waals surface area contributed by atoms with Crippen LogP contribution in [-0.2, 0) is 5.75 Å². The largest absolute Gasteiger partial charge is 0.225 e. The summed E-state index contributed by atoms with van der Waals surface area (Å²) in [5.74, 6) is 0.819. The molecule has 0 aliphatic carbocycles. The highest BCUT2D eigenvalue weighted by Gasteiger charge is 2.06. The van der Waals surface area contributed by atoms with Crippen LogP contribution in [0.2, 0.25) is 10.3 Å². The predicted octanol–water partition coefficient (Wildman–Crippen LogP) is 4.38. The monoisotopic (exact) mass is 284 g/mol. The van der Waals surface area contributed by atoms with Gasteiger partial charge in [-0.1, -0.05) is 47.6 Å². The van der Waals surface area contributed by atoms with Crippen molar-refractivity contribution in [2.45, 2.75) is 17.7 Å². The number of halogens is 2. The number of thioether (sulfide) groups is 1. The van der Waals surface area contributed by atoms with Gasteiger partial charge in [-0.2, -0.15) is 0 Å². The van der Waals surface area contributed by atoms with Crippen LogP contribution in [0.25, 0.3) is 0 Å². The number of benzene rings is 1. The highest BCUT2D eigenvalue weighted by molar-refractivity contribution is 7.98. The van der Waals surface area contributed by atoms with E-state index in [1.54, 1.807) is 11.8 Å². The summed E-state index contributed by atoms with van der Waals surface area (Å²) in [6.45, 7) is 2.09. The first-order chi connectivity index (χ1) is 8.16. The zero-order valence-corrected chi connectivity index (χ0v) is 11.5.